The van der Waals surface area contributed by atoms with Crippen LogP contribution in [0.25, 0.3) is 39.4 Å². The highest BCUT2D eigenvalue weighted by molar-refractivity contribution is 5.79. The summed E-state index contributed by atoms with van der Waals surface area (Å²) < 4.78 is 15.1. The zero-order valence-electron chi connectivity index (χ0n) is 24.4. The first-order valence-electron chi connectivity index (χ1n) is 15.2. The standard InChI is InChI=1S/C38H37N2O2/c1-3-27(23-37-39(2)33-25-30(19-21-35(33)41-37)28-13-7-4-8-14-28)24-38-40(32-17-11-6-12-18-32)34-26-31(20-22-36(34)42-38)29-15-9-5-10-16-29/h4-5,7-10,13-16,19-26,32H,3,6,11-12,17-18H2,1-2H3/q+1. The molecule has 0 N–H and O–H groups in total. The molecule has 1 fully saturated rings. The Morgan fingerprint density at radius 1 is 0.810 bits per heavy atom. The lowest BCUT2D eigenvalue weighted by molar-refractivity contribution is -0.652. The molecule has 0 amide bonds. The van der Waals surface area contributed by atoms with Crippen molar-refractivity contribution in [2.24, 2.45) is 7.05 Å². The summed E-state index contributed by atoms with van der Waals surface area (Å²) in [5.41, 5.74) is 9.13. The first-order valence-corrected chi connectivity index (χ1v) is 15.2. The summed E-state index contributed by atoms with van der Waals surface area (Å²) >= 11 is 0. The maximum atomic E-state index is 6.60. The number of aryl methyl sites for hydroxylation is 1. The molecule has 1 aromatic heterocycles. The first kappa shape index (κ1) is 26.3. The van der Waals surface area contributed by atoms with E-state index in [0.29, 0.717) is 6.04 Å². The van der Waals surface area contributed by atoms with Crippen molar-refractivity contribution in [3.8, 4) is 28.0 Å². The molecular weight excluding hydrogens is 516 g/mol. The van der Waals surface area contributed by atoms with Gasteiger partial charge in [-0.25, -0.2) is 0 Å². The van der Waals surface area contributed by atoms with Crippen LogP contribution in [0.15, 0.2) is 119 Å². The van der Waals surface area contributed by atoms with E-state index in [-0.39, 0.29) is 0 Å². The topological polar surface area (TPSA) is 29.5 Å². The number of ether oxygens (including phenoxy) is 1. The van der Waals surface area contributed by atoms with Crippen LogP contribution in [-0.2, 0) is 7.05 Å². The summed E-state index contributed by atoms with van der Waals surface area (Å²) in [6.45, 7) is 2.19. The van der Waals surface area contributed by atoms with Gasteiger partial charge in [0.15, 0.2) is 5.75 Å². The second-order valence-electron chi connectivity index (χ2n) is 11.4. The first-order chi connectivity index (χ1) is 20.7. The van der Waals surface area contributed by atoms with Crippen LogP contribution in [0.2, 0.25) is 0 Å². The SMILES string of the molecule is CCC(=Cc1oc2ccc(-c3ccccc3)cc2[n+]1C)C=C1Oc2ccc(-c3ccccc3)cc2N1C1CCCCC1. The van der Waals surface area contributed by atoms with Gasteiger partial charge in [0.25, 0.3) is 5.52 Å². The average molecular weight is 554 g/mol. The molecule has 5 aromatic rings. The van der Waals surface area contributed by atoms with Crippen molar-refractivity contribution >= 4 is 22.9 Å². The maximum absolute atomic E-state index is 6.60. The molecule has 4 heteroatoms. The third-order valence-corrected chi connectivity index (χ3v) is 8.72. The molecule has 0 spiro atoms. The summed E-state index contributed by atoms with van der Waals surface area (Å²) in [5, 5.41) is 0. The highest BCUT2D eigenvalue weighted by Crippen LogP contribution is 2.45. The van der Waals surface area contributed by atoms with Crippen molar-refractivity contribution < 1.29 is 13.7 Å². The Labute approximate surface area is 248 Å². The van der Waals surface area contributed by atoms with Gasteiger partial charge in [-0.05, 0) is 65.3 Å². The number of anilines is 1. The largest absolute Gasteiger partial charge is 0.439 e. The minimum atomic E-state index is 0.439. The molecule has 7 rings (SSSR count). The average Bonchev–Trinajstić information content (AvgIpc) is 3.57. The lowest BCUT2D eigenvalue weighted by Crippen LogP contribution is -2.35. The van der Waals surface area contributed by atoms with Crippen LogP contribution in [0.5, 0.6) is 5.75 Å². The number of hydrogen-bond donors (Lipinski definition) is 0. The van der Waals surface area contributed by atoms with Crippen molar-refractivity contribution in [2.75, 3.05) is 4.90 Å². The summed E-state index contributed by atoms with van der Waals surface area (Å²) in [6, 6.07) is 34.6. The number of benzene rings is 4. The smallest absolute Gasteiger partial charge is 0.374 e. The molecule has 0 atom stereocenters. The molecule has 1 aliphatic carbocycles. The van der Waals surface area contributed by atoms with Gasteiger partial charge in [0.2, 0.25) is 11.5 Å². The highest BCUT2D eigenvalue weighted by Gasteiger charge is 2.33. The Morgan fingerprint density at radius 2 is 1.48 bits per heavy atom. The van der Waals surface area contributed by atoms with E-state index >= 15 is 0 Å². The second-order valence-corrected chi connectivity index (χ2v) is 11.4. The Balaban J connectivity index is 1.26. The molecule has 42 heavy (non-hydrogen) atoms. The van der Waals surface area contributed by atoms with Gasteiger partial charge in [0.05, 0.1) is 11.8 Å². The molecule has 1 saturated carbocycles. The number of aromatic nitrogens is 1. The Morgan fingerprint density at radius 3 is 2.17 bits per heavy atom. The quantitative estimate of drug-likeness (QED) is 0.196. The molecule has 4 aromatic carbocycles. The normalized spacial score (nSPS) is 16.7. The molecule has 4 nitrogen and oxygen atoms in total. The van der Waals surface area contributed by atoms with E-state index in [1.165, 1.54) is 65.6 Å². The van der Waals surface area contributed by atoms with Crippen molar-refractivity contribution in [3.05, 3.63) is 120 Å². The predicted molar refractivity (Wildman–Crippen MR) is 171 cm³/mol. The maximum Gasteiger partial charge on any atom is 0.374 e. The van der Waals surface area contributed by atoms with Gasteiger partial charge >= 0.3 is 5.89 Å². The fourth-order valence-corrected chi connectivity index (χ4v) is 6.36. The van der Waals surface area contributed by atoms with Crippen LogP contribution < -0.4 is 14.2 Å². The van der Waals surface area contributed by atoms with Gasteiger partial charge in [0, 0.05) is 18.2 Å². The Hall–Kier alpha value is -4.57. The molecule has 2 aliphatic rings. The monoisotopic (exact) mass is 553 g/mol. The molecule has 0 radical (unpaired) electrons. The lowest BCUT2D eigenvalue weighted by atomic mass is 9.93. The Bertz CT molecular complexity index is 1780. The molecule has 210 valence electrons. The molecule has 0 bridgehead atoms. The van der Waals surface area contributed by atoms with Crippen molar-refractivity contribution in [3.63, 3.8) is 0 Å². The van der Waals surface area contributed by atoms with Crippen LogP contribution in [0.3, 0.4) is 0 Å². The summed E-state index contributed by atoms with van der Waals surface area (Å²) in [6.07, 6.45) is 11.5. The molecule has 0 saturated heterocycles. The van der Waals surface area contributed by atoms with Crippen molar-refractivity contribution in [1.82, 2.24) is 0 Å². The minimum absolute atomic E-state index is 0.439. The molecular formula is C38H37N2O2+. The van der Waals surface area contributed by atoms with Gasteiger partial charge in [-0.1, -0.05) is 99.0 Å². The fraction of sp³-hybridized carbons (Fsp3) is 0.237. The van der Waals surface area contributed by atoms with E-state index in [4.69, 9.17) is 9.15 Å². The van der Waals surface area contributed by atoms with Gasteiger partial charge < -0.3 is 14.1 Å². The van der Waals surface area contributed by atoms with E-state index < -0.39 is 0 Å². The minimum Gasteiger partial charge on any atom is -0.439 e. The summed E-state index contributed by atoms with van der Waals surface area (Å²) in [4.78, 5) is 2.47. The Kier molecular flexibility index (Phi) is 7.13. The van der Waals surface area contributed by atoms with Gasteiger partial charge in [-0.3, -0.25) is 0 Å². The number of rotatable bonds is 6. The van der Waals surface area contributed by atoms with E-state index in [1.54, 1.807) is 0 Å². The van der Waals surface area contributed by atoms with Crippen molar-refractivity contribution in [2.45, 2.75) is 51.5 Å². The lowest BCUT2D eigenvalue weighted by Gasteiger charge is -2.32. The van der Waals surface area contributed by atoms with E-state index in [9.17, 15) is 0 Å². The van der Waals surface area contributed by atoms with Gasteiger partial charge in [0.1, 0.15) is 7.05 Å². The van der Waals surface area contributed by atoms with E-state index in [2.05, 4.69) is 127 Å². The fourth-order valence-electron chi connectivity index (χ4n) is 6.36. The summed E-state index contributed by atoms with van der Waals surface area (Å²) in [5.74, 6) is 2.68. The van der Waals surface area contributed by atoms with Gasteiger partial charge in [-0.15, -0.1) is 0 Å². The van der Waals surface area contributed by atoms with E-state index in [0.717, 1.165) is 35.0 Å². The van der Waals surface area contributed by atoms with Crippen LogP contribution in [-0.4, -0.2) is 6.04 Å². The number of hydrogen-bond acceptors (Lipinski definition) is 3. The molecule has 1 aliphatic heterocycles. The van der Waals surface area contributed by atoms with Crippen LogP contribution in [0, 0.1) is 0 Å². The predicted octanol–water partition coefficient (Wildman–Crippen LogP) is 9.46. The number of fused-ring (bicyclic) bond motifs is 2. The molecule has 0 unspecified atom stereocenters. The highest BCUT2D eigenvalue weighted by atomic mass is 16.5. The number of allylic oxidation sites excluding steroid dienone is 2. The van der Waals surface area contributed by atoms with E-state index in [1.807, 2.05) is 6.07 Å². The third kappa shape index (κ3) is 5.02. The zero-order chi connectivity index (χ0) is 28.5. The second kappa shape index (κ2) is 11.4. The van der Waals surface area contributed by atoms with Crippen molar-refractivity contribution in [1.29, 1.82) is 0 Å². The third-order valence-electron chi connectivity index (χ3n) is 8.72. The van der Waals surface area contributed by atoms with Gasteiger partial charge in [-0.2, -0.15) is 4.57 Å². The summed E-state index contributed by atoms with van der Waals surface area (Å²) in [7, 11) is 2.08. The van der Waals surface area contributed by atoms with Crippen LogP contribution in [0.4, 0.5) is 5.69 Å². The zero-order valence-corrected chi connectivity index (χ0v) is 24.4. The van der Waals surface area contributed by atoms with Crippen LogP contribution in [0.1, 0.15) is 51.3 Å². The molecule has 2 heterocycles. The number of oxazole rings is 1. The number of nitrogens with zero attached hydrogens (tertiary/aromatic N) is 2. The van der Waals surface area contributed by atoms with Crippen LogP contribution >= 0.6 is 0 Å².